The highest BCUT2D eigenvalue weighted by Crippen LogP contribution is 2.31. The second-order valence-corrected chi connectivity index (χ2v) is 8.47. The number of fused-ring (bicyclic) bond motifs is 1. The summed E-state index contributed by atoms with van der Waals surface area (Å²) in [5.41, 5.74) is 2.70. The van der Waals surface area contributed by atoms with Crippen molar-refractivity contribution in [3.63, 3.8) is 0 Å². The van der Waals surface area contributed by atoms with E-state index in [1.165, 1.54) is 15.8 Å². The number of carboxylic acids is 1. The zero-order valence-corrected chi connectivity index (χ0v) is 18.8. The van der Waals surface area contributed by atoms with Crippen LogP contribution in [0.4, 0.5) is 5.69 Å². The zero-order chi connectivity index (χ0) is 25.4. The van der Waals surface area contributed by atoms with Gasteiger partial charge in [0.15, 0.2) is 5.69 Å². The van der Waals surface area contributed by atoms with Crippen molar-refractivity contribution < 1.29 is 29.1 Å². The molecule has 0 aliphatic carbocycles. The van der Waals surface area contributed by atoms with Gasteiger partial charge in [-0.05, 0) is 36.2 Å². The normalized spacial score (nSPS) is 17.1. The molecule has 0 spiro atoms. The highest BCUT2D eigenvalue weighted by molar-refractivity contribution is 6.06. The molecule has 0 bridgehead atoms. The fourth-order valence-corrected chi connectivity index (χ4v) is 4.35. The second-order valence-electron chi connectivity index (χ2n) is 8.47. The lowest BCUT2D eigenvalue weighted by Crippen LogP contribution is -2.52. The molecule has 4 amide bonds. The van der Waals surface area contributed by atoms with Gasteiger partial charge in [0.1, 0.15) is 6.04 Å². The Morgan fingerprint density at radius 3 is 2.61 bits per heavy atom. The van der Waals surface area contributed by atoms with E-state index in [4.69, 9.17) is 5.11 Å². The number of aromatic nitrogens is 3. The molecular weight excluding hydrogens is 468 g/mol. The van der Waals surface area contributed by atoms with Gasteiger partial charge in [0.25, 0.3) is 11.8 Å². The molecule has 3 aromatic rings. The van der Waals surface area contributed by atoms with E-state index in [-0.39, 0.29) is 43.3 Å². The third-order valence-electron chi connectivity index (χ3n) is 6.10. The monoisotopic (exact) mass is 488 g/mol. The third kappa shape index (κ3) is 4.31. The predicted molar refractivity (Wildman–Crippen MR) is 123 cm³/mol. The number of nitrogens with one attached hydrogen (secondary N) is 2. The average molecular weight is 488 g/mol. The van der Waals surface area contributed by atoms with E-state index < -0.39 is 23.8 Å². The maximum atomic E-state index is 13.0. The van der Waals surface area contributed by atoms with Crippen LogP contribution < -0.4 is 10.6 Å². The molecule has 0 saturated carbocycles. The van der Waals surface area contributed by atoms with E-state index >= 15 is 0 Å². The minimum absolute atomic E-state index is 0.0357. The summed E-state index contributed by atoms with van der Waals surface area (Å²) in [6, 6.07) is 10.7. The molecular formula is C24H20N6O6. The molecule has 2 aromatic carbocycles. The van der Waals surface area contributed by atoms with Crippen LogP contribution in [-0.2, 0) is 27.3 Å². The van der Waals surface area contributed by atoms with E-state index in [0.29, 0.717) is 28.1 Å². The largest absolute Gasteiger partial charge is 0.481 e. The molecule has 1 aromatic heterocycles. The summed E-state index contributed by atoms with van der Waals surface area (Å²) in [5.74, 6) is -2.63. The molecule has 1 atom stereocenters. The Kier molecular flexibility index (Phi) is 5.76. The van der Waals surface area contributed by atoms with Gasteiger partial charge < -0.3 is 15.3 Å². The number of carbonyl (C=O) groups excluding carboxylic acids is 4. The van der Waals surface area contributed by atoms with Gasteiger partial charge in [0, 0.05) is 29.8 Å². The van der Waals surface area contributed by atoms with Crippen LogP contribution in [0.25, 0.3) is 5.69 Å². The van der Waals surface area contributed by atoms with Gasteiger partial charge in [-0.2, -0.15) is 0 Å². The van der Waals surface area contributed by atoms with Crippen LogP contribution >= 0.6 is 0 Å². The summed E-state index contributed by atoms with van der Waals surface area (Å²) in [7, 11) is 0. The maximum absolute atomic E-state index is 13.0. The van der Waals surface area contributed by atoms with E-state index in [2.05, 4.69) is 20.9 Å². The first kappa shape index (κ1) is 22.9. The Hall–Kier alpha value is -4.87. The van der Waals surface area contributed by atoms with Crippen LogP contribution in [0, 0.1) is 0 Å². The summed E-state index contributed by atoms with van der Waals surface area (Å²) in [6.07, 6.45) is 1.73. The van der Waals surface area contributed by atoms with Crippen LogP contribution in [-0.4, -0.2) is 60.6 Å². The molecule has 36 heavy (non-hydrogen) atoms. The Balaban J connectivity index is 1.33. The van der Waals surface area contributed by atoms with Crippen LogP contribution in [0.3, 0.4) is 0 Å². The maximum Gasteiger partial charge on any atom is 0.307 e. The number of hydrogen-bond acceptors (Lipinski definition) is 7. The minimum atomic E-state index is -0.947. The van der Waals surface area contributed by atoms with Crippen molar-refractivity contribution in [2.24, 2.45) is 0 Å². The smallest absolute Gasteiger partial charge is 0.307 e. The van der Waals surface area contributed by atoms with Crippen LogP contribution in [0.2, 0.25) is 0 Å². The van der Waals surface area contributed by atoms with Crippen LogP contribution in [0.1, 0.15) is 44.8 Å². The van der Waals surface area contributed by atoms with Gasteiger partial charge in [-0.1, -0.05) is 23.4 Å². The summed E-state index contributed by atoms with van der Waals surface area (Å²) in [4.78, 5) is 61.8. The Labute approximate surface area is 203 Å². The molecule has 3 N–H and O–H groups in total. The summed E-state index contributed by atoms with van der Waals surface area (Å²) >= 11 is 0. The van der Waals surface area contributed by atoms with Crippen molar-refractivity contribution in [2.75, 3.05) is 5.32 Å². The van der Waals surface area contributed by atoms with Gasteiger partial charge in [-0.3, -0.25) is 29.3 Å². The molecule has 1 saturated heterocycles. The highest BCUT2D eigenvalue weighted by atomic mass is 16.4. The number of amides is 4. The van der Waals surface area contributed by atoms with E-state index in [1.807, 2.05) is 0 Å². The number of piperidine rings is 1. The fraction of sp³-hybridized carbons (Fsp3) is 0.208. The first-order valence-corrected chi connectivity index (χ1v) is 11.1. The average Bonchev–Trinajstić information content (AvgIpc) is 3.46. The number of benzene rings is 2. The lowest BCUT2D eigenvalue weighted by Gasteiger charge is -2.29. The van der Waals surface area contributed by atoms with E-state index in [1.54, 1.807) is 42.5 Å². The van der Waals surface area contributed by atoms with Crippen molar-refractivity contribution in [3.8, 4) is 5.69 Å². The number of carbonyl (C=O) groups is 5. The number of imide groups is 1. The summed E-state index contributed by atoms with van der Waals surface area (Å²) in [5, 5.41) is 21.8. The highest BCUT2D eigenvalue weighted by Gasteiger charge is 2.40. The second kappa shape index (κ2) is 9.06. The molecule has 5 rings (SSSR count). The van der Waals surface area contributed by atoms with E-state index in [9.17, 15) is 24.0 Å². The quantitative estimate of drug-likeness (QED) is 0.431. The van der Waals surface area contributed by atoms with Gasteiger partial charge in [-0.25, -0.2) is 4.68 Å². The van der Waals surface area contributed by atoms with Gasteiger partial charge in [-0.15, -0.1) is 5.10 Å². The molecule has 2 aliphatic heterocycles. The molecule has 0 radical (unpaired) electrons. The molecule has 12 heteroatoms. The van der Waals surface area contributed by atoms with E-state index in [0.717, 1.165) is 0 Å². The number of hydrogen-bond donors (Lipinski definition) is 3. The Morgan fingerprint density at radius 2 is 1.89 bits per heavy atom. The fourth-order valence-electron chi connectivity index (χ4n) is 4.35. The van der Waals surface area contributed by atoms with Crippen molar-refractivity contribution in [1.82, 2.24) is 25.2 Å². The molecule has 12 nitrogen and oxygen atoms in total. The van der Waals surface area contributed by atoms with Crippen LogP contribution in [0.5, 0.6) is 0 Å². The number of nitrogens with zero attached hydrogens (tertiary/aromatic N) is 4. The van der Waals surface area contributed by atoms with Gasteiger partial charge >= 0.3 is 5.97 Å². The lowest BCUT2D eigenvalue weighted by molar-refractivity contribution is -0.137. The van der Waals surface area contributed by atoms with Crippen molar-refractivity contribution in [2.45, 2.75) is 31.8 Å². The Morgan fingerprint density at radius 1 is 1.11 bits per heavy atom. The molecule has 1 fully saturated rings. The zero-order valence-electron chi connectivity index (χ0n) is 18.8. The standard InChI is InChI=1S/C24H20N6O6/c31-20-9-8-19(23(35)26-20)29-11-16-15(24(29)36)2-1-3-18(16)30-12-17(27-28-30)22(34)25-14-6-4-13(5-7-14)10-21(32)33/h1-7,12,19H,8-11H2,(H,25,34)(H,32,33)(H,26,31,35). The summed E-state index contributed by atoms with van der Waals surface area (Å²) in [6.45, 7) is 0.153. The first-order chi connectivity index (χ1) is 17.3. The van der Waals surface area contributed by atoms with Crippen LogP contribution in [0.15, 0.2) is 48.7 Å². The first-order valence-electron chi connectivity index (χ1n) is 11.1. The lowest BCUT2D eigenvalue weighted by atomic mass is 10.0. The Bertz CT molecular complexity index is 1410. The SMILES string of the molecule is O=C(O)Cc1ccc(NC(=O)c2cn(-c3cccc4c3CN(C3CCC(=O)NC3=O)C4=O)nn2)cc1. The topological polar surface area (TPSA) is 164 Å². The molecule has 182 valence electrons. The number of anilines is 1. The number of rotatable bonds is 6. The number of carboxylic acid groups (broad SMARTS) is 1. The predicted octanol–water partition coefficient (Wildman–Crippen LogP) is 0.908. The summed E-state index contributed by atoms with van der Waals surface area (Å²) < 4.78 is 1.39. The van der Waals surface area contributed by atoms with Crippen molar-refractivity contribution in [1.29, 1.82) is 0 Å². The minimum Gasteiger partial charge on any atom is -0.481 e. The number of aliphatic carboxylic acids is 1. The van der Waals surface area contributed by atoms with Gasteiger partial charge in [0.2, 0.25) is 11.8 Å². The molecule has 3 heterocycles. The molecule has 2 aliphatic rings. The third-order valence-corrected chi connectivity index (χ3v) is 6.10. The molecule has 1 unspecified atom stereocenters. The van der Waals surface area contributed by atoms with Crippen molar-refractivity contribution in [3.05, 3.63) is 71.0 Å². The van der Waals surface area contributed by atoms with Crippen molar-refractivity contribution >= 4 is 35.3 Å². The van der Waals surface area contributed by atoms with Gasteiger partial charge in [0.05, 0.1) is 18.3 Å².